The summed E-state index contributed by atoms with van der Waals surface area (Å²) in [7, 11) is 0. The van der Waals surface area contributed by atoms with Gasteiger partial charge in [0.15, 0.2) is 12.1 Å². The molecule has 0 saturated carbocycles. The number of rotatable bonds is 6. The molecule has 4 aromatic rings. The van der Waals surface area contributed by atoms with Crippen LogP contribution in [0.15, 0.2) is 79.4 Å². The molecular formula is C26H20F4N6O2. The van der Waals surface area contributed by atoms with Crippen molar-refractivity contribution in [2.45, 2.75) is 19.0 Å². The lowest BCUT2D eigenvalue weighted by atomic mass is 10.1. The van der Waals surface area contributed by atoms with Gasteiger partial charge < -0.3 is 25.3 Å². The number of carbonyl (C=O) groups excluding carboxylic acids is 1. The van der Waals surface area contributed by atoms with E-state index in [1.165, 1.54) is 0 Å². The van der Waals surface area contributed by atoms with Crippen LogP contribution in [0.3, 0.4) is 0 Å². The monoisotopic (exact) mass is 524 g/mol. The molecule has 0 spiro atoms. The molecule has 3 heterocycles. The number of pyridine rings is 1. The third kappa shape index (κ3) is 5.65. The fraction of sp³-hybridized carbons (Fsp3) is 0.115. The van der Waals surface area contributed by atoms with Crippen LogP contribution in [0, 0.1) is 5.82 Å². The first-order chi connectivity index (χ1) is 18.3. The molecule has 0 radical (unpaired) electrons. The van der Waals surface area contributed by atoms with Crippen molar-refractivity contribution >= 4 is 29.3 Å². The molecule has 0 fully saturated rings. The van der Waals surface area contributed by atoms with Crippen molar-refractivity contribution in [3.63, 3.8) is 0 Å². The lowest BCUT2D eigenvalue weighted by Crippen LogP contribution is -2.29. The highest BCUT2D eigenvalue weighted by atomic mass is 19.4. The molecule has 2 amide bonds. The minimum absolute atomic E-state index is 0.314. The Morgan fingerprint density at radius 2 is 1.87 bits per heavy atom. The predicted octanol–water partition coefficient (Wildman–Crippen LogP) is 5.85. The van der Waals surface area contributed by atoms with Crippen LogP contribution in [0.4, 0.5) is 33.7 Å². The van der Waals surface area contributed by atoms with Crippen molar-refractivity contribution in [3.8, 4) is 0 Å². The summed E-state index contributed by atoms with van der Waals surface area (Å²) in [5, 5.41) is 7.93. The summed E-state index contributed by atoms with van der Waals surface area (Å²) in [5.74, 6) is -0.341. The Hall–Kier alpha value is -4.71. The number of nitrogens with zero attached hydrogens (tertiary/aromatic N) is 3. The molecule has 1 atom stereocenters. The van der Waals surface area contributed by atoms with Gasteiger partial charge in [-0.2, -0.15) is 13.2 Å². The van der Waals surface area contributed by atoms with Gasteiger partial charge in [-0.1, -0.05) is 12.1 Å². The average molecular weight is 524 g/mol. The molecule has 0 bridgehead atoms. The number of anilines is 2. The molecule has 1 aliphatic rings. The normalized spacial score (nSPS) is 14.7. The summed E-state index contributed by atoms with van der Waals surface area (Å²) in [6.45, 7) is 0.314. The number of ether oxygens (including phenoxy) is 1. The van der Waals surface area contributed by atoms with Crippen LogP contribution >= 0.6 is 0 Å². The van der Waals surface area contributed by atoms with Gasteiger partial charge in [0.1, 0.15) is 5.82 Å². The Bertz CT molecular complexity index is 1490. The summed E-state index contributed by atoms with van der Waals surface area (Å²) < 4.78 is 60.8. The van der Waals surface area contributed by atoms with Crippen molar-refractivity contribution in [3.05, 3.63) is 108 Å². The molecule has 2 aromatic heterocycles. The maximum atomic E-state index is 14.0. The molecule has 0 aliphatic carbocycles. The number of carbonyl (C=O) groups is 1. The second-order valence-electron chi connectivity index (χ2n) is 8.28. The van der Waals surface area contributed by atoms with Gasteiger partial charge in [0.05, 0.1) is 23.6 Å². The van der Waals surface area contributed by atoms with E-state index in [0.29, 0.717) is 47.6 Å². The summed E-state index contributed by atoms with van der Waals surface area (Å²) >= 11 is 0. The van der Waals surface area contributed by atoms with Crippen LogP contribution in [-0.2, 0) is 17.5 Å². The van der Waals surface area contributed by atoms with Crippen LogP contribution in [0.1, 0.15) is 28.7 Å². The maximum absolute atomic E-state index is 14.0. The number of aromatic nitrogens is 3. The molecule has 1 unspecified atom stereocenters. The van der Waals surface area contributed by atoms with E-state index in [9.17, 15) is 22.4 Å². The van der Waals surface area contributed by atoms with Gasteiger partial charge in [0, 0.05) is 42.2 Å². The number of alkyl halides is 3. The minimum atomic E-state index is -4.68. The zero-order chi connectivity index (χ0) is 26.7. The first-order valence-corrected chi connectivity index (χ1v) is 11.3. The SMILES string of the molecule is O=C(Nc1cccc(C2=Cn3ccnc3C(OCc3ccncc3)N2)c1)Nc1cc(C(F)(F)F)ccc1F. The van der Waals surface area contributed by atoms with Gasteiger partial charge >= 0.3 is 12.2 Å². The number of hydrogen-bond acceptors (Lipinski definition) is 5. The number of nitrogens with one attached hydrogen (secondary N) is 3. The Labute approximate surface area is 214 Å². The van der Waals surface area contributed by atoms with Gasteiger partial charge in [0.25, 0.3) is 0 Å². The van der Waals surface area contributed by atoms with E-state index in [4.69, 9.17) is 4.74 Å². The highest BCUT2D eigenvalue weighted by molar-refractivity contribution is 6.00. The molecule has 5 rings (SSSR count). The van der Waals surface area contributed by atoms with E-state index in [1.54, 1.807) is 49.1 Å². The van der Waals surface area contributed by atoms with E-state index < -0.39 is 35.5 Å². The Morgan fingerprint density at radius 1 is 1.05 bits per heavy atom. The van der Waals surface area contributed by atoms with Crippen molar-refractivity contribution in [2.75, 3.05) is 10.6 Å². The van der Waals surface area contributed by atoms with E-state index in [0.717, 1.165) is 5.56 Å². The summed E-state index contributed by atoms with van der Waals surface area (Å²) in [5.41, 5.74) is 0.956. The fourth-order valence-corrected chi connectivity index (χ4v) is 3.80. The first kappa shape index (κ1) is 25.0. The first-order valence-electron chi connectivity index (χ1n) is 11.3. The van der Waals surface area contributed by atoms with Gasteiger partial charge in [-0.25, -0.2) is 14.2 Å². The Morgan fingerprint density at radius 3 is 2.66 bits per heavy atom. The number of halogens is 4. The third-order valence-corrected chi connectivity index (χ3v) is 5.63. The van der Waals surface area contributed by atoms with E-state index in [1.807, 2.05) is 22.9 Å². The van der Waals surface area contributed by atoms with Crippen molar-refractivity contribution in [1.29, 1.82) is 0 Å². The molecule has 8 nitrogen and oxygen atoms in total. The number of fused-ring (bicyclic) bond motifs is 1. The van der Waals surface area contributed by atoms with Crippen LogP contribution in [0.25, 0.3) is 11.9 Å². The number of urea groups is 1. The highest BCUT2D eigenvalue weighted by Crippen LogP contribution is 2.32. The average Bonchev–Trinajstić information content (AvgIpc) is 3.38. The van der Waals surface area contributed by atoms with Crippen molar-refractivity contribution in [1.82, 2.24) is 19.9 Å². The third-order valence-electron chi connectivity index (χ3n) is 5.63. The molecule has 1 aliphatic heterocycles. The summed E-state index contributed by atoms with van der Waals surface area (Å²) in [6.07, 6.45) is 3.34. The Kier molecular flexibility index (Phi) is 6.79. The number of hydrogen-bond donors (Lipinski definition) is 3. The zero-order valence-corrected chi connectivity index (χ0v) is 19.5. The molecule has 3 N–H and O–H groups in total. The fourth-order valence-electron chi connectivity index (χ4n) is 3.80. The van der Waals surface area contributed by atoms with Gasteiger partial charge in [-0.15, -0.1) is 0 Å². The molecule has 12 heteroatoms. The lowest BCUT2D eigenvalue weighted by molar-refractivity contribution is -0.137. The van der Waals surface area contributed by atoms with E-state index >= 15 is 0 Å². The van der Waals surface area contributed by atoms with Gasteiger partial charge in [-0.3, -0.25) is 4.98 Å². The number of amides is 2. The second kappa shape index (κ2) is 10.3. The van der Waals surface area contributed by atoms with Crippen molar-refractivity contribution < 1.29 is 27.1 Å². The Balaban J connectivity index is 1.30. The smallest absolute Gasteiger partial charge is 0.352 e. The van der Waals surface area contributed by atoms with Crippen molar-refractivity contribution in [2.24, 2.45) is 0 Å². The molecule has 38 heavy (non-hydrogen) atoms. The molecule has 2 aromatic carbocycles. The summed E-state index contributed by atoms with van der Waals surface area (Å²) in [4.78, 5) is 20.8. The minimum Gasteiger partial charge on any atom is -0.352 e. The van der Waals surface area contributed by atoms with Gasteiger partial charge in [0.2, 0.25) is 0 Å². The molecule has 0 saturated heterocycles. The van der Waals surface area contributed by atoms with E-state index in [2.05, 4.69) is 25.9 Å². The predicted molar refractivity (Wildman–Crippen MR) is 132 cm³/mol. The van der Waals surface area contributed by atoms with Crippen LogP contribution in [-0.4, -0.2) is 20.6 Å². The molecular weight excluding hydrogens is 504 g/mol. The number of imidazole rings is 1. The number of benzene rings is 2. The topological polar surface area (TPSA) is 93.1 Å². The van der Waals surface area contributed by atoms with Crippen LogP contribution < -0.4 is 16.0 Å². The summed E-state index contributed by atoms with van der Waals surface area (Å²) in [6, 6.07) is 11.3. The zero-order valence-electron chi connectivity index (χ0n) is 19.5. The highest BCUT2D eigenvalue weighted by Gasteiger charge is 2.31. The quantitative estimate of drug-likeness (QED) is 0.275. The molecule has 194 valence electrons. The van der Waals surface area contributed by atoms with Gasteiger partial charge in [-0.05, 0) is 48.0 Å². The van der Waals surface area contributed by atoms with Crippen LogP contribution in [0.5, 0.6) is 0 Å². The standard InChI is InChI=1S/C26H20F4N6O2/c27-20-5-4-18(26(28,29)30)13-21(20)35-25(37)33-19-3-1-2-17(12-19)22-14-36-11-10-32-23(36)24(34-22)38-15-16-6-8-31-9-7-16/h1-14,24,34H,15H2,(H2,33,35,37). The van der Waals surface area contributed by atoms with Crippen LogP contribution in [0.2, 0.25) is 0 Å². The lowest BCUT2D eigenvalue weighted by Gasteiger charge is -2.26. The maximum Gasteiger partial charge on any atom is 0.416 e. The van der Waals surface area contributed by atoms with E-state index in [-0.39, 0.29) is 0 Å². The largest absolute Gasteiger partial charge is 0.416 e. The second-order valence-corrected chi connectivity index (χ2v) is 8.28.